The van der Waals surface area contributed by atoms with Gasteiger partial charge in [-0.15, -0.1) is 0 Å². The molecule has 4 atom stereocenters. The Hall–Kier alpha value is -2.92. The van der Waals surface area contributed by atoms with Crippen LogP contribution >= 0.6 is 23.2 Å². The van der Waals surface area contributed by atoms with Gasteiger partial charge in [-0.3, -0.25) is 0 Å². The van der Waals surface area contributed by atoms with Crippen molar-refractivity contribution in [2.24, 2.45) is 11.8 Å². The molecule has 0 aliphatic carbocycles. The van der Waals surface area contributed by atoms with Gasteiger partial charge in [0, 0.05) is 37.1 Å². The summed E-state index contributed by atoms with van der Waals surface area (Å²) in [6, 6.07) is 4.00. The van der Waals surface area contributed by atoms with E-state index < -0.39 is 23.4 Å². The van der Waals surface area contributed by atoms with E-state index in [0.717, 1.165) is 74.4 Å². The van der Waals surface area contributed by atoms with Gasteiger partial charge in [-0.05, 0) is 62.0 Å². The van der Waals surface area contributed by atoms with Gasteiger partial charge in [0.25, 0.3) is 0 Å². The zero-order chi connectivity index (χ0) is 29.5. The van der Waals surface area contributed by atoms with Gasteiger partial charge in [0.2, 0.25) is 11.4 Å². The number of nitrogens with one attached hydrogen (secondary N) is 2. The molecular formula is C30H36Cl2N6O4. The van der Waals surface area contributed by atoms with Crippen LogP contribution in [0.4, 0.5) is 11.4 Å². The number of esters is 2. The van der Waals surface area contributed by atoms with Crippen molar-refractivity contribution in [1.82, 2.24) is 20.6 Å². The van der Waals surface area contributed by atoms with Crippen molar-refractivity contribution >= 4 is 46.5 Å². The molecule has 0 aromatic carbocycles. The molecule has 6 heterocycles. The van der Waals surface area contributed by atoms with Crippen LogP contribution in [0.2, 0.25) is 10.3 Å². The van der Waals surface area contributed by atoms with Crippen molar-refractivity contribution in [3.8, 4) is 0 Å². The highest BCUT2D eigenvalue weighted by atomic mass is 35.5. The SMILES string of the molecule is CCc1cc(N2C[C@@H]3CCNC[C@]32OC(=O)/C=C/C(=O)O[C@@]23CNCC[C@H]2CN3c2cnc(Cl)c(CC)c2)cnc1Cl. The van der Waals surface area contributed by atoms with Crippen LogP contribution in [-0.2, 0) is 31.9 Å². The van der Waals surface area contributed by atoms with Crippen molar-refractivity contribution < 1.29 is 19.1 Å². The average Bonchev–Trinajstić information content (AvgIpc) is 2.97. The molecule has 4 aliphatic heterocycles. The number of carbonyl (C=O) groups excluding carboxylic acids is 2. The number of hydrogen-bond acceptors (Lipinski definition) is 10. The molecule has 0 unspecified atom stereocenters. The largest absolute Gasteiger partial charge is 0.434 e. The first kappa shape index (κ1) is 29.2. The predicted molar refractivity (Wildman–Crippen MR) is 161 cm³/mol. The van der Waals surface area contributed by atoms with Crippen molar-refractivity contribution in [1.29, 1.82) is 0 Å². The van der Waals surface area contributed by atoms with Crippen LogP contribution in [0, 0.1) is 11.8 Å². The Morgan fingerprint density at radius 3 is 1.67 bits per heavy atom. The van der Waals surface area contributed by atoms with Gasteiger partial charge in [0.15, 0.2) is 0 Å². The van der Waals surface area contributed by atoms with Crippen molar-refractivity contribution in [2.45, 2.75) is 51.0 Å². The fourth-order valence-corrected chi connectivity index (χ4v) is 7.23. The molecule has 4 fully saturated rings. The summed E-state index contributed by atoms with van der Waals surface area (Å²) in [5, 5.41) is 7.68. The highest BCUT2D eigenvalue weighted by Gasteiger charge is 2.59. The number of nitrogens with zero attached hydrogens (tertiary/aromatic N) is 4. The molecule has 2 aromatic heterocycles. The fourth-order valence-electron chi connectivity index (χ4n) is 6.75. The lowest BCUT2D eigenvalue weighted by atomic mass is 9.78. The molecule has 42 heavy (non-hydrogen) atoms. The Morgan fingerprint density at radius 1 is 0.857 bits per heavy atom. The van der Waals surface area contributed by atoms with Crippen LogP contribution in [0.25, 0.3) is 0 Å². The Labute approximate surface area is 255 Å². The second kappa shape index (κ2) is 11.6. The minimum absolute atomic E-state index is 0.168. The molecule has 0 saturated carbocycles. The first-order valence-electron chi connectivity index (χ1n) is 14.7. The van der Waals surface area contributed by atoms with Crippen LogP contribution in [0.3, 0.4) is 0 Å². The van der Waals surface area contributed by atoms with Gasteiger partial charge < -0.3 is 29.9 Å². The number of carbonyl (C=O) groups is 2. The Morgan fingerprint density at radius 2 is 1.29 bits per heavy atom. The van der Waals surface area contributed by atoms with E-state index in [2.05, 4.69) is 30.4 Å². The summed E-state index contributed by atoms with van der Waals surface area (Å²) < 4.78 is 12.2. The summed E-state index contributed by atoms with van der Waals surface area (Å²) in [5.74, 6) is -0.861. The van der Waals surface area contributed by atoms with Gasteiger partial charge in [0.05, 0.1) is 36.9 Å². The molecule has 2 N–H and O–H groups in total. The van der Waals surface area contributed by atoms with Crippen molar-refractivity contribution in [3.63, 3.8) is 0 Å². The molecule has 0 spiro atoms. The van der Waals surface area contributed by atoms with Crippen molar-refractivity contribution in [3.05, 3.63) is 58.1 Å². The third kappa shape index (κ3) is 5.02. The summed E-state index contributed by atoms with van der Waals surface area (Å²) in [6.45, 7) is 8.22. The molecule has 0 radical (unpaired) electrons. The van der Waals surface area contributed by atoms with E-state index in [1.54, 1.807) is 12.4 Å². The minimum Gasteiger partial charge on any atom is -0.434 e. The van der Waals surface area contributed by atoms with Crippen LogP contribution in [-0.4, -0.2) is 72.6 Å². The molecule has 224 valence electrons. The number of aryl methyl sites for hydroxylation is 2. The Balaban J connectivity index is 1.16. The second-order valence-corrected chi connectivity index (χ2v) is 12.1. The number of rotatable bonds is 8. The molecule has 0 bridgehead atoms. The van der Waals surface area contributed by atoms with Gasteiger partial charge in [0.1, 0.15) is 10.3 Å². The number of halogens is 2. The van der Waals surface area contributed by atoms with Gasteiger partial charge >= 0.3 is 11.9 Å². The highest BCUT2D eigenvalue weighted by Crippen LogP contribution is 2.46. The summed E-state index contributed by atoms with van der Waals surface area (Å²) in [6.07, 6.45) is 9.01. The topological polar surface area (TPSA) is 109 Å². The molecular weight excluding hydrogens is 579 g/mol. The smallest absolute Gasteiger partial charge is 0.333 e. The van der Waals surface area contributed by atoms with E-state index in [1.807, 2.05) is 26.0 Å². The maximum atomic E-state index is 13.1. The number of aromatic nitrogens is 2. The van der Waals surface area contributed by atoms with Crippen molar-refractivity contribution in [2.75, 3.05) is 49.1 Å². The lowest BCUT2D eigenvalue weighted by Crippen LogP contribution is -2.76. The molecule has 4 saturated heterocycles. The molecule has 12 heteroatoms. The summed E-state index contributed by atoms with van der Waals surface area (Å²) in [5.41, 5.74) is 1.87. The van der Waals surface area contributed by atoms with E-state index >= 15 is 0 Å². The summed E-state index contributed by atoms with van der Waals surface area (Å²) in [7, 11) is 0. The zero-order valence-corrected chi connectivity index (χ0v) is 25.4. The number of fused-ring (bicyclic) bond motifs is 2. The maximum Gasteiger partial charge on any atom is 0.333 e. The number of pyridine rings is 2. The first-order valence-corrected chi connectivity index (χ1v) is 15.4. The number of ether oxygens (including phenoxy) is 2. The second-order valence-electron chi connectivity index (χ2n) is 11.4. The highest BCUT2D eigenvalue weighted by molar-refractivity contribution is 6.30. The lowest BCUT2D eigenvalue weighted by molar-refractivity contribution is -0.177. The predicted octanol–water partition coefficient (Wildman–Crippen LogP) is 3.50. The van der Waals surface area contributed by atoms with E-state index in [0.29, 0.717) is 23.4 Å². The standard InChI is InChI=1S/C30H36Cl2N6O4/c1-3-19-11-23(13-35-27(19)31)37-15-21-7-9-33-17-29(21,37)41-25(39)5-6-26(40)42-30-18-34-10-8-22(30)16-38(30)24-12-20(4-2)28(32)36-14-24/h5-6,11-14,21-22,33-34H,3-4,7-10,15-18H2,1-2H3/b6-5+/t21-,22-,29-,30-/m0/s1. The van der Waals surface area contributed by atoms with E-state index in [9.17, 15) is 9.59 Å². The maximum absolute atomic E-state index is 13.1. The van der Waals surface area contributed by atoms with Crippen LogP contribution in [0.5, 0.6) is 0 Å². The van der Waals surface area contributed by atoms with Gasteiger partial charge in [-0.2, -0.15) is 0 Å². The molecule has 4 aliphatic rings. The lowest BCUT2D eigenvalue weighted by Gasteiger charge is -2.60. The zero-order valence-electron chi connectivity index (χ0n) is 23.9. The van der Waals surface area contributed by atoms with Crippen LogP contribution in [0.1, 0.15) is 37.8 Å². The minimum atomic E-state index is -0.857. The normalized spacial score (nSPS) is 28.4. The molecule has 10 nitrogen and oxygen atoms in total. The summed E-state index contributed by atoms with van der Waals surface area (Å²) >= 11 is 12.5. The molecule has 0 amide bonds. The molecule has 6 rings (SSSR count). The fraction of sp³-hybridized carbons (Fsp3) is 0.533. The average molecular weight is 616 g/mol. The van der Waals surface area contributed by atoms with E-state index in [-0.39, 0.29) is 11.8 Å². The van der Waals surface area contributed by atoms with Crippen LogP contribution < -0.4 is 20.4 Å². The monoisotopic (exact) mass is 614 g/mol. The number of anilines is 2. The Bertz CT molecular complexity index is 1300. The summed E-state index contributed by atoms with van der Waals surface area (Å²) in [4.78, 5) is 39.1. The molecule has 2 aromatic rings. The quantitative estimate of drug-likeness (QED) is 0.260. The van der Waals surface area contributed by atoms with Gasteiger partial charge in [-0.25, -0.2) is 19.6 Å². The van der Waals surface area contributed by atoms with Crippen LogP contribution in [0.15, 0.2) is 36.7 Å². The Kier molecular flexibility index (Phi) is 8.08. The number of hydrogen-bond donors (Lipinski definition) is 2. The van der Waals surface area contributed by atoms with Gasteiger partial charge in [-0.1, -0.05) is 37.0 Å². The van der Waals surface area contributed by atoms with E-state index in [1.165, 1.54) is 12.2 Å². The first-order chi connectivity index (χ1) is 20.3. The third-order valence-corrected chi connectivity index (χ3v) is 9.86. The third-order valence-electron chi connectivity index (χ3n) is 9.18. The van der Waals surface area contributed by atoms with E-state index in [4.69, 9.17) is 32.7 Å². The number of piperidine rings is 2.